The van der Waals surface area contributed by atoms with Crippen LogP contribution in [0.5, 0.6) is 0 Å². The van der Waals surface area contributed by atoms with Gasteiger partial charge in [0, 0.05) is 0 Å². The zero-order valence-electron chi connectivity index (χ0n) is 10.6. The summed E-state index contributed by atoms with van der Waals surface area (Å²) in [5.41, 5.74) is 9.62. The van der Waals surface area contributed by atoms with Crippen LogP contribution in [0, 0.1) is 0 Å². The second-order valence-electron chi connectivity index (χ2n) is 4.68. The maximum Gasteiger partial charge on any atom is 0.284 e. The first-order valence-corrected chi connectivity index (χ1v) is 5.62. The molecule has 0 aliphatic heterocycles. The molecule has 4 N–H and O–H groups in total. The monoisotopic (exact) mass is 262 g/mol. The molecular weight excluding hydrogens is 248 g/mol. The van der Waals surface area contributed by atoms with Gasteiger partial charge >= 0.3 is 0 Å². The lowest BCUT2D eigenvalue weighted by Crippen LogP contribution is -2.18. The lowest BCUT2D eigenvalue weighted by molar-refractivity contribution is 0.0967. The van der Waals surface area contributed by atoms with Crippen molar-refractivity contribution < 1.29 is 18.4 Å². The van der Waals surface area contributed by atoms with E-state index in [1.165, 1.54) is 12.1 Å². The molecule has 2 rings (SSSR count). The van der Waals surface area contributed by atoms with Crippen LogP contribution in [0.2, 0.25) is 0 Å². The minimum atomic E-state index is -0.651. The van der Waals surface area contributed by atoms with Gasteiger partial charge in [-0.2, -0.15) is 0 Å². The largest absolute Gasteiger partial charge is 0.455 e. The van der Waals surface area contributed by atoms with E-state index in [1.54, 1.807) is 12.1 Å². The van der Waals surface area contributed by atoms with Gasteiger partial charge in [-0.05, 0) is 38.1 Å². The predicted octanol–water partition coefficient (Wildman–Crippen LogP) is 1.40. The van der Waals surface area contributed by atoms with Crippen LogP contribution >= 0.6 is 0 Å². The quantitative estimate of drug-likeness (QED) is 0.866. The Morgan fingerprint density at radius 3 is 1.53 bits per heavy atom. The van der Waals surface area contributed by atoms with Gasteiger partial charge in [0.15, 0.2) is 11.5 Å². The smallest absolute Gasteiger partial charge is 0.284 e. The Kier molecular flexibility index (Phi) is 2.94. The van der Waals surface area contributed by atoms with Gasteiger partial charge in [-0.3, -0.25) is 9.59 Å². The van der Waals surface area contributed by atoms with Gasteiger partial charge in [0.2, 0.25) is 0 Å². The van der Waals surface area contributed by atoms with Crippen molar-refractivity contribution in [2.24, 2.45) is 11.5 Å². The molecule has 6 heteroatoms. The number of hydrogen-bond acceptors (Lipinski definition) is 4. The number of hydrogen-bond donors (Lipinski definition) is 2. The van der Waals surface area contributed by atoms with Crippen LogP contribution in [-0.4, -0.2) is 11.8 Å². The Hall–Kier alpha value is -2.50. The highest BCUT2D eigenvalue weighted by Crippen LogP contribution is 2.33. The van der Waals surface area contributed by atoms with Crippen LogP contribution in [0.15, 0.2) is 33.1 Å². The molecule has 2 amide bonds. The number of rotatable bonds is 4. The van der Waals surface area contributed by atoms with Gasteiger partial charge in [0.1, 0.15) is 11.5 Å². The van der Waals surface area contributed by atoms with Crippen molar-refractivity contribution >= 4 is 11.8 Å². The fraction of sp³-hybridized carbons (Fsp3) is 0.231. The normalized spacial score (nSPS) is 11.5. The zero-order valence-corrected chi connectivity index (χ0v) is 10.6. The number of nitrogens with two attached hydrogens (primary N) is 2. The van der Waals surface area contributed by atoms with Crippen LogP contribution < -0.4 is 11.5 Å². The van der Waals surface area contributed by atoms with E-state index in [4.69, 9.17) is 20.3 Å². The van der Waals surface area contributed by atoms with E-state index in [0.29, 0.717) is 11.5 Å². The molecule has 19 heavy (non-hydrogen) atoms. The second kappa shape index (κ2) is 4.31. The molecule has 0 saturated heterocycles. The first kappa shape index (κ1) is 12.9. The number of carbonyl (C=O) groups is 2. The number of primary amides is 2. The summed E-state index contributed by atoms with van der Waals surface area (Å²) in [7, 11) is 0. The summed E-state index contributed by atoms with van der Waals surface area (Å²) in [5.74, 6) is -0.119. The van der Waals surface area contributed by atoms with Gasteiger partial charge in [0.05, 0.1) is 5.41 Å². The van der Waals surface area contributed by atoms with E-state index in [-0.39, 0.29) is 11.5 Å². The molecule has 6 nitrogen and oxygen atoms in total. The van der Waals surface area contributed by atoms with Gasteiger partial charge in [-0.1, -0.05) is 0 Å². The Morgan fingerprint density at radius 1 is 0.895 bits per heavy atom. The summed E-state index contributed by atoms with van der Waals surface area (Å²) in [6.07, 6.45) is 0. The lowest BCUT2D eigenvalue weighted by Gasteiger charge is -2.19. The SMILES string of the molecule is CC(C)(c1ccc(C(N)=O)o1)c1ccc(C(N)=O)o1. The molecule has 0 saturated carbocycles. The topological polar surface area (TPSA) is 112 Å². The summed E-state index contributed by atoms with van der Waals surface area (Å²) >= 11 is 0. The van der Waals surface area contributed by atoms with Crippen molar-refractivity contribution in [1.29, 1.82) is 0 Å². The molecule has 0 fully saturated rings. The molecule has 0 spiro atoms. The van der Waals surface area contributed by atoms with Gasteiger partial charge < -0.3 is 20.3 Å². The Morgan fingerprint density at radius 2 is 1.26 bits per heavy atom. The first-order valence-electron chi connectivity index (χ1n) is 5.62. The van der Waals surface area contributed by atoms with Crippen molar-refractivity contribution in [3.05, 3.63) is 47.3 Å². The molecular formula is C13H14N2O4. The van der Waals surface area contributed by atoms with E-state index >= 15 is 0 Å². The van der Waals surface area contributed by atoms with Crippen molar-refractivity contribution in [1.82, 2.24) is 0 Å². The van der Waals surface area contributed by atoms with Crippen LogP contribution in [0.3, 0.4) is 0 Å². The molecule has 0 bridgehead atoms. The fourth-order valence-electron chi connectivity index (χ4n) is 1.73. The van der Waals surface area contributed by atoms with Crippen LogP contribution in [0.1, 0.15) is 46.5 Å². The maximum absolute atomic E-state index is 11.0. The summed E-state index contributed by atoms with van der Waals surface area (Å²) in [6.45, 7) is 3.67. The third-order valence-electron chi connectivity index (χ3n) is 2.93. The maximum atomic E-state index is 11.0. The minimum Gasteiger partial charge on any atom is -0.455 e. The highest BCUT2D eigenvalue weighted by molar-refractivity contribution is 5.90. The second-order valence-corrected chi connectivity index (χ2v) is 4.68. The third-order valence-corrected chi connectivity index (χ3v) is 2.93. The fourth-order valence-corrected chi connectivity index (χ4v) is 1.73. The predicted molar refractivity (Wildman–Crippen MR) is 66.6 cm³/mol. The molecule has 2 aromatic rings. The summed E-state index contributed by atoms with van der Waals surface area (Å²) in [4.78, 5) is 22.0. The van der Waals surface area contributed by atoms with Crippen molar-refractivity contribution in [2.75, 3.05) is 0 Å². The average Bonchev–Trinajstić information content (AvgIpc) is 2.99. The molecule has 0 atom stereocenters. The molecule has 2 heterocycles. The van der Waals surface area contributed by atoms with Gasteiger partial charge in [0.25, 0.3) is 11.8 Å². The molecule has 0 radical (unpaired) electrons. The van der Waals surface area contributed by atoms with E-state index in [9.17, 15) is 9.59 Å². The molecule has 2 aromatic heterocycles. The van der Waals surface area contributed by atoms with Crippen molar-refractivity contribution in [3.8, 4) is 0 Å². The summed E-state index contributed by atoms with van der Waals surface area (Å²) in [5, 5.41) is 0. The molecule has 0 aliphatic rings. The molecule has 0 unspecified atom stereocenters. The van der Waals surface area contributed by atoms with Gasteiger partial charge in [-0.25, -0.2) is 0 Å². The zero-order chi connectivity index (χ0) is 14.2. The molecule has 0 aliphatic carbocycles. The van der Waals surface area contributed by atoms with E-state index in [1.807, 2.05) is 13.8 Å². The van der Waals surface area contributed by atoms with Crippen LogP contribution in [0.4, 0.5) is 0 Å². The van der Waals surface area contributed by atoms with Gasteiger partial charge in [-0.15, -0.1) is 0 Å². The van der Waals surface area contributed by atoms with Crippen molar-refractivity contribution in [3.63, 3.8) is 0 Å². The Balaban J connectivity index is 2.39. The van der Waals surface area contributed by atoms with Crippen molar-refractivity contribution in [2.45, 2.75) is 19.3 Å². The highest BCUT2D eigenvalue weighted by atomic mass is 16.4. The molecule has 100 valence electrons. The van der Waals surface area contributed by atoms with Crippen LogP contribution in [0.25, 0.3) is 0 Å². The number of carbonyl (C=O) groups excluding carboxylic acids is 2. The number of furan rings is 2. The standard InChI is InChI=1S/C13H14N2O4/c1-13(2,9-5-3-7(18-9)11(14)16)10-6-4-8(19-10)12(15)17/h3-6H,1-2H3,(H2,14,16)(H2,15,17). The van der Waals surface area contributed by atoms with Crippen LogP contribution in [-0.2, 0) is 5.41 Å². The third kappa shape index (κ3) is 2.24. The van der Waals surface area contributed by atoms with E-state index in [0.717, 1.165) is 0 Å². The Bertz CT molecular complexity index is 582. The van der Waals surface area contributed by atoms with E-state index in [2.05, 4.69) is 0 Å². The summed E-state index contributed by atoms with van der Waals surface area (Å²) < 4.78 is 10.8. The Labute approximate surface area is 109 Å². The minimum absolute atomic E-state index is 0.0738. The van der Waals surface area contributed by atoms with E-state index < -0.39 is 17.2 Å². The first-order chi connectivity index (χ1) is 8.82. The summed E-state index contributed by atoms with van der Waals surface area (Å²) in [6, 6.07) is 6.29. The highest BCUT2D eigenvalue weighted by Gasteiger charge is 2.31. The lowest BCUT2D eigenvalue weighted by atomic mass is 9.87. The molecule has 0 aromatic carbocycles. The number of amides is 2. The average molecular weight is 262 g/mol.